The molecule has 0 fully saturated rings. The van der Waals surface area contributed by atoms with Crippen LogP contribution >= 0.6 is 11.3 Å². The van der Waals surface area contributed by atoms with Crippen LogP contribution in [0.25, 0.3) is 10.6 Å². The number of hydrogen-bond acceptors (Lipinski definition) is 6. The van der Waals surface area contributed by atoms with Crippen molar-refractivity contribution in [2.45, 2.75) is 32.3 Å². The summed E-state index contributed by atoms with van der Waals surface area (Å²) in [4.78, 5) is 11.7. The molecule has 0 aliphatic carbocycles. The van der Waals surface area contributed by atoms with E-state index in [1.165, 1.54) is 31.2 Å². The lowest BCUT2D eigenvalue weighted by Gasteiger charge is -2.15. The molecule has 1 atom stereocenters. The molecule has 1 heterocycles. The number of aromatic nitrogens is 2. The lowest BCUT2D eigenvalue weighted by molar-refractivity contribution is -0.274. The molecule has 0 aliphatic heterocycles. The highest BCUT2D eigenvalue weighted by Crippen LogP contribution is 2.32. The van der Waals surface area contributed by atoms with Gasteiger partial charge in [0.2, 0.25) is 5.91 Å². The molecule has 0 saturated heterocycles. The predicted octanol–water partition coefficient (Wildman–Crippen LogP) is 4.12. The molecule has 0 spiro atoms. The highest BCUT2D eigenvalue weighted by atomic mass is 32.1. The first kappa shape index (κ1) is 22.6. The Morgan fingerprint density at radius 1 is 1.23 bits per heavy atom. The van der Waals surface area contributed by atoms with Crippen LogP contribution in [0.2, 0.25) is 0 Å². The van der Waals surface area contributed by atoms with Gasteiger partial charge in [-0.25, -0.2) is 4.39 Å². The Balaban J connectivity index is 1.86. The summed E-state index contributed by atoms with van der Waals surface area (Å²) in [6, 6.07) is 9.27. The van der Waals surface area contributed by atoms with E-state index in [9.17, 15) is 22.4 Å². The highest BCUT2D eigenvalue weighted by Gasteiger charge is 2.31. The fraction of sp³-hybridized carbons (Fsp3) is 0.250. The van der Waals surface area contributed by atoms with E-state index in [1.54, 1.807) is 18.2 Å². The Labute approximate surface area is 179 Å². The molecular formula is C20H18F4N4O2S. The van der Waals surface area contributed by atoms with Crippen molar-refractivity contribution < 1.29 is 27.1 Å². The Kier molecular flexibility index (Phi) is 6.86. The second kappa shape index (κ2) is 9.40. The summed E-state index contributed by atoms with van der Waals surface area (Å²) in [6.45, 7) is 1.52. The molecule has 11 heteroatoms. The minimum Gasteiger partial charge on any atom is -0.406 e. The van der Waals surface area contributed by atoms with E-state index in [4.69, 9.17) is 5.73 Å². The Morgan fingerprint density at radius 3 is 2.65 bits per heavy atom. The van der Waals surface area contributed by atoms with Crippen LogP contribution in [-0.4, -0.2) is 22.5 Å². The SMILES string of the molecule is CC(=O)NC(Cc1ccc(CN)cc1F)c1nnc(-c2cccc(OC(F)(F)F)c2)s1. The van der Waals surface area contributed by atoms with Crippen molar-refractivity contribution >= 4 is 17.2 Å². The summed E-state index contributed by atoms with van der Waals surface area (Å²) in [5.41, 5.74) is 6.87. The van der Waals surface area contributed by atoms with Gasteiger partial charge in [0.05, 0.1) is 6.04 Å². The smallest absolute Gasteiger partial charge is 0.406 e. The fourth-order valence-electron chi connectivity index (χ4n) is 2.87. The van der Waals surface area contributed by atoms with Gasteiger partial charge < -0.3 is 15.8 Å². The van der Waals surface area contributed by atoms with Crippen LogP contribution in [0.4, 0.5) is 17.6 Å². The standard InChI is InChI=1S/C20H18F4N4O2S/c1-11(29)26-17(9-13-6-5-12(10-25)7-16(13)21)19-28-27-18(31-19)14-3-2-4-15(8-14)30-20(22,23)24/h2-8,17H,9-10,25H2,1H3,(H,26,29). The maximum atomic E-state index is 14.4. The maximum absolute atomic E-state index is 14.4. The number of hydrogen-bond donors (Lipinski definition) is 2. The first-order valence-corrected chi connectivity index (χ1v) is 9.90. The quantitative estimate of drug-likeness (QED) is 0.524. The molecule has 6 nitrogen and oxygen atoms in total. The molecule has 1 unspecified atom stereocenters. The molecule has 1 amide bonds. The van der Waals surface area contributed by atoms with Gasteiger partial charge in [-0.05, 0) is 29.3 Å². The Hall–Kier alpha value is -3.05. The van der Waals surface area contributed by atoms with Gasteiger partial charge in [-0.3, -0.25) is 4.79 Å². The van der Waals surface area contributed by atoms with Gasteiger partial charge >= 0.3 is 6.36 Å². The van der Waals surface area contributed by atoms with Crippen LogP contribution in [0.15, 0.2) is 42.5 Å². The molecule has 31 heavy (non-hydrogen) atoms. The van der Waals surface area contributed by atoms with Gasteiger partial charge in [-0.15, -0.1) is 23.4 Å². The first-order valence-electron chi connectivity index (χ1n) is 9.08. The van der Waals surface area contributed by atoms with Crippen LogP contribution in [-0.2, 0) is 17.8 Å². The number of nitrogens with zero attached hydrogens (tertiary/aromatic N) is 2. The second-order valence-corrected chi connectivity index (χ2v) is 7.62. The van der Waals surface area contributed by atoms with Crippen LogP contribution in [0.5, 0.6) is 5.75 Å². The van der Waals surface area contributed by atoms with Crippen molar-refractivity contribution in [1.82, 2.24) is 15.5 Å². The van der Waals surface area contributed by atoms with Crippen molar-refractivity contribution in [2.24, 2.45) is 5.73 Å². The lowest BCUT2D eigenvalue weighted by Crippen LogP contribution is -2.28. The van der Waals surface area contributed by atoms with E-state index >= 15 is 0 Å². The Morgan fingerprint density at radius 2 is 2.00 bits per heavy atom. The van der Waals surface area contributed by atoms with Gasteiger partial charge in [0.15, 0.2) is 0 Å². The summed E-state index contributed by atoms with van der Waals surface area (Å²) in [5, 5.41) is 11.5. The number of alkyl halides is 3. The molecule has 0 aliphatic rings. The number of nitrogens with one attached hydrogen (secondary N) is 1. The molecule has 2 aromatic carbocycles. The maximum Gasteiger partial charge on any atom is 0.573 e. The second-order valence-electron chi connectivity index (χ2n) is 6.61. The number of benzene rings is 2. The van der Waals surface area contributed by atoms with Crippen molar-refractivity contribution in [1.29, 1.82) is 0 Å². The van der Waals surface area contributed by atoms with E-state index in [-0.39, 0.29) is 24.6 Å². The predicted molar refractivity (Wildman–Crippen MR) is 107 cm³/mol. The van der Waals surface area contributed by atoms with Crippen molar-refractivity contribution in [3.05, 3.63) is 64.4 Å². The largest absolute Gasteiger partial charge is 0.573 e. The molecule has 0 radical (unpaired) electrons. The van der Waals surface area contributed by atoms with E-state index in [0.717, 1.165) is 11.3 Å². The molecule has 0 saturated carbocycles. The van der Waals surface area contributed by atoms with Crippen LogP contribution in [0.1, 0.15) is 29.1 Å². The van der Waals surface area contributed by atoms with E-state index < -0.39 is 18.2 Å². The van der Waals surface area contributed by atoms with Gasteiger partial charge in [0.1, 0.15) is 21.6 Å². The average molecular weight is 454 g/mol. The number of rotatable bonds is 7. The van der Waals surface area contributed by atoms with Crippen molar-refractivity contribution in [3.63, 3.8) is 0 Å². The summed E-state index contributed by atoms with van der Waals surface area (Å²) in [5.74, 6) is -1.19. The number of halogens is 4. The minimum atomic E-state index is -4.81. The lowest BCUT2D eigenvalue weighted by atomic mass is 10.0. The zero-order chi connectivity index (χ0) is 22.6. The first-order chi connectivity index (χ1) is 14.6. The number of carbonyl (C=O) groups is 1. The number of carbonyl (C=O) groups excluding carboxylic acids is 1. The zero-order valence-electron chi connectivity index (χ0n) is 16.2. The van der Waals surface area contributed by atoms with Crippen LogP contribution in [0, 0.1) is 5.82 Å². The molecule has 1 aromatic heterocycles. The average Bonchev–Trinajstić information content (AvgIpc) is 3.17. The number of ether oxygens (including phenoxy) is 1. The zero-order valence-corrected chi connectivity index (χ0v) is 17.1. The summed E-state index contributed by atoms with van der Waals surface area (Å²) in [6.07, 6.45) is -4.70. The van der Waals surface area contributed by atoms with Crippen molar-refractivity contribution in [3.8, 4) is 16.3 Å². The molecule has 164 valence electrons. The van der Waals surface area contributed by atoms with E-state index in [2.05, 4.69) is 20.3 Å². The molecule has 3 aromatic rings. The number of nitrogens with two attached hydrogens (primary N) is 1. The van der Waals surface area contributed by atoms with Gasteiger partial charge in [-0.1, -0.05) is 35.6 Å². The molecule has 3 rings (SSSR count). The van der Waals surface area contributed by atoms with Gasteiger partial charge in [0.25, 0.3) is 0 Å². The van der Waals surface area contributed by atoms with E-state index in [1.807, 2.05) is 0 Å². The monoisotopic (exact) mass is 454 g/mol. The van der Waals surface area contributed by atoms with E-state index in [0.29, 0.717) is 26.7 Å². The third kappa shape index (κ3) is 6.22. The number of amides is 1. The molecule has 0 bridgehead atoms. The molecule has 3 N–H and O–H groups in total. The van der Waals surface area contributed by atoms with Crippen LogP contribution < -0.4 is 15.8 Å². The van der Waals surface area contributed by atoms with Crippen molar-refractivity contribution in [2.75, 3.05) is 0 Å². The van der Waals surface area contributed by atoms with Crippen LogP contribution in [0.3, 0.4) is 0 Å². The topological polar surface area (TPSA) is 90.1 Å². The summed E-state index contributed by atoms with van der Waals surface area (Å²) in [7, 11) is 0. The minimum absolute atomic E-state index is 0.113. The third-order valence-electron chi connectivity index (χ3n) is 4.21. The molecular weight excluding hydrogens is 436 g/mol. The fourth-order valence-corrected chi connectivity index (χ4v) is 3.76. The summed E-state index contributed by atoms with van der Waals surface area (Å²) < 4.78 is 55.7. The Bertz CT molecular complexity index is 1070. The third-order valence-corrected chi connectivity index (χ3v) is 5.29. The highest BCUT2D eigenvalue weighted by molar-refractivity contribution is 7.14. The normalized spacial score (nSPS) is 12.5. The van der Waals surface area contributed by atoms with Gasteiger partial charge in [-0.2, -0.15) is 0 Å². The van der Waals surface area contributed by atoms with Gasteiger partial charge in [0, 0.05) is 25.5 Å². The summed E-state index contributed by atoms with van der Waals surface area (Å²) >= 11 is 1.08.